The fourth-order valence-corrected chi connectivity index (χ4v) is 4.20. The number of benzene rings is 2. The Labute approximate surface area is 198 Å². The molecule has 0 bridgehead atoms. The number of amides is 1. The van der Waals surface area contributed by atoms with Gasteiger partial charge in [-0.15, -0.1) is 0 Å². The second kappa shape index (κ2) is 10.5. The Morgan fingerprint density at radius 3 is 2.74 bits per heavy atom. The molecule has 7 nitrogen and oxygen atoms in total. The van der Waals surface area contributed by atoms with E-state index in [0.717, 1.165) is 29.6 Å². The molecule has 3 N–H and O–H groups in total. The lowest BCUT2D eigenvalue weighted by atomic mass is 10.0. The zero-order valence-electron chi connectivity index (χ0n) is 19.2. The number of hydrogen-bond donors (Lipinski definition) is 3. The van der Waals surface area contributed by atoms with Crippen LogP contribution in [0.5, 0.6) is 0 Å². The van der Waals surface area contributed by atoms with Crippen LogP contribution in [0.2, 0.25) is 0 Å². The van der Waals surface area contributed by atoms with E-state index in [1.807, 2.05) is 29.8 Å². The van der Waals surface area contributed by atoms with Crippen LogP contribution in [0.3, 0.4) is 0 Å². The molecule has 0 aliphatic carbocycles. The number of nitrogens with zero attached hydrogens (tertiary/aromatic N) is 3. The third kappa shape index (κ3) is 5.09. The summed E-state index contributed by atoms with van der Waals surface area (Å²) in [4.78, 5) is 12.3. The Balaban J connectivity index is 1.58. The van der Waals surface area contributed by atoms with E-state index in [4.69, 9.17) is 5.11 Å². The van der Waals surface area contributed by atoms with Crippen LogP contribution in [-0.4, -0.2) is 57.3 Å². The zero-order valence-corrected chi connectivity index (χ0v) is 19.2. The summed E-state index contributed by atoms with van der Waals surface area (Å²) >= 11 is 0. The third-order valence-corrected chi connectivity index (χ3v) is 6.18. The summed E-state index contributed by atoms with van der Waals surface area (Å²) in [6.45, 7) is 0.478. The Bertz CT molecular complexity index is 1310. The summed E-state index contributed by atoms with van der Waals surface area (Å²) in [7, 11) is 1.89. The molecule has 4 rings (SSSR count). The van der Waals surface area contributed by atoms with Gasteiger partial charge in [-0.1, -0.05) is 12.1 Å². The van der Waals surface area contributed by atoms with E-state index in [1.54, 1.807) is 0 Å². The van der Waals surface area contributed by atoms with E-state index in [1.165, 1.54) is 30.0 Å². The maximum Gasteiger partial charge on any atom is 0.262 e. The van der Waals surface area contributed by atoms with Crippen LogP contribution in [0, 0.1) is 11.3 Å². The number of aromatic nitrogens is 1. The number of carbonyl (C=O) groups is 1. The Morgan fingerprint density at radius 1 is 1.21 bits per heavy atom. The lowest BCUT2D eigenvalue weighted by Gasteiger charge is -2.10. The van der Waals surface area contributed by atoms with Gasteiger partial charge in [-0.05, 0) is 53.1 Å². The highest BCUT2D eigenvalue weighted by Gasteiger charge is 2.15. The van der Waals surface area contributed by atoms with Crippen LogP contribution in [0.4, 0.5) is 5.69 Å². The van der Waals surface area contributed by atoms with Gasteiger partial charge < -0.3 is 20.1 Å². The van der Waals surface area contributed by atoms with Gasteiger partial charge in [0.2, 0.25) is 5.69 Å². The molecule has 174 valence electrons. The minimum atomic E-state index is -1.06. The molecular weight excluding hydrogens is 428 g/mol. The van der Waals surface area contributed by atoms with Crippen molar-refractivity contribution in [1.29, 1.82) is 5.26 Å². The van der Waals surface area contributed by atoms with Crippen molar-refractivity contribution in [3.05, 3.63) is 59.8 Å². The second-order valence-electron chi connectivity index (χ2n) is 8.54. The number of carbonyl (C=O) groups excluding carboxylic acids is 1. The molecule has 1 aliphatic rings. The van der Waals surface area contributed by atoms with E-state index in [-0.39, 0.29) is 12.1 Å². The smallest absolute Gasteiger partial charge is 0.262 e. The number of rotatable bonds is 7. The largest absolute Gasteiger partial charge is 0.394 e. The van der Waals surface area contributed by atoms with Crippen molar-refractivity contribution >= 4 is 34.7 Å². The second-order valence-corrected chi connectivity index (χ2v) is 8.54. The monoisotopic (exact) mass is 457 g/mol. The number of aliphatic hydroxyl groups excluding tert-OH is 2. The van der Waals surface area contributed by atoms with E-state index < -0.39 is 18.6 Å². The number of aliphatic hydroxyl groups is 2. The van der Waals surface area contributed by atoms with Crippen LogP contribution >= 0.6 is 0 Å². The van der Waals surface area contributed by atoms with Crippen molar-refractivity contribution in [2.45, 2.75) is 25.4 Å². The Kier molecular flexibility index (Phi) is 7.21. The molecule has 34 heavy (non-hydrogen) atoms. The SMILES string of the molecule is Cn1c(/C=C(\C#N)C(=O)NCC(O)CO)ccc1-c1ccc2cc([N+]3=CCCCC3)ccc2c1. The third-order valence-electron chi connectivity index (χ3n) is 6.18. The van der Waals surface area contributed by atoms with Crippen molar-refractivity contribution in [2.75, 3.05) is 19.7 Å². The molecule has 2 aromatic carbocycles. The highest BCUT2D eigenvalue weighted by atomic mass is 16.3. The van der Waals surface area contributed by atoms with E-state index >= 15 is 0 Å². The fraction of sp³-hybridized carbons (Fsp3) is 0.296. The predicted octanol–water partition coefficient (Wildman–Crippen LogP) is 3.12. The minimum absolute atomic E-state index is 0.0709. The normalized spacial score (nSPS) is 15.0. The van der Waals surface area contributed by atoms with Crippen molar-refractivity contribution < 1.29 is 19.6 Å². The van der Waals surface area contributed by atoms with Gasteiger partial charge >= 0.3 is 0 Å². The Morgan fingerprint density at radius 2 is 2.00 bits per heavy atom. The summed E-state index contributed by atoms with van der Waals surface area (Å²) in [6.07, 6.45) is 6.34. The van der Waals surface area contributed by atoms with Crippen molar-refractivity contribution in [3.63, 3.8) is 0 Å². The summed E-state index contributed by atoms with van der Waals surface area (Å²) in [5.74, 6) is -0.592. The van der Waals surface area contributed by atoms with Crippen LogP contribution < -0.4 is 5.32 Å². The van der Waals surface area contributed by atoms with Crippen LogP contribution in [0.25, 0.3) is 28.1 Å². The highest BCUT2D eigenvalue weighted by Crippen LogP contribution is 2.29. The molecule has 1 aliphatic heterocycles. The molecule has 0 spiro atoms. The number of hydrogen-bond acceptors (Lipinski definition) is 4. The molecule has 0 saturated heterocycles. The molecule has 2 heterocycles. The first-order valence-electron chi connectivity index (χ1n) is 11.5. The fourth-order valence-electron chi connectivity index (χ4n) is 4.20. The number of nitrogens with one attached hydrogen (secondary N) is 1. The summed E-state index contributed by atoms with van der Waals surface area (Å²) in [5.41, 5.74) is 3.87. The summed E-state index contributed by atoms with van der Waals surface area (Å²) in [5, 5.41) is 32.5. The van der Waals surface area contributed by atoms with E-state index in [9.17, 15) is 15.2 Å². The van der Waals surface area contributed by atoms with E-state index in [0.29, 0.717) is 5.69 Å². The van der Waals surface area contributed by atoms with Crippen LogP contribution in [-0.2, 0) is 11.8 Å². The molecule has 3 aromatic rings. The lowest BCUT2D eigenvalue weighted by Crippen LogP contribution is -2.34. The van der Waals surface area contributed by atoms with Crippen molar-refractivity contribution in [3.8, 4) is 17.3 Å². The molecule has 1 unspecified atom stereocenters. The van der Waals surface area contributed by atoms with Crippen molar-refractivity contribution in [1.82, 2.24) is 9.88 Å². The highest BCUT2D eigenvalue weighted by molar-refractivity contribution is 6.01. The van der Waals surface area contributed by atoms with E-state index in [2.05, 4.69) is 52.5 Å². The van der Waals surface area contributed by atoms with Crippen LogP contribution in [0.15, 0.2) is 54.1 Å². The molecule has 7 heteroatoms. The average molecular weight is 458 g/mol. The first-order valence-corrected chi connectivity index (χ1v) is 11.5. The summed E-state index contributed by atoms with van der Waals surface area (Å²) < 4.78 is 4.27. The molecule has 0 saturated carbocycles. The molecule has 1 amide bonds. The Hall–Kier alpha value is -3.73. The molecule has 0 radical (unpaired) electrons. The van der Waals surface area contributed by atoms with Gasteiger partial charge in [0.15, 0.2) is 0 Å². The number of fused-ring (bicyclic) bond motifs is 1. The quantitative estimate of drug-likeness (QED) is 0.288. The average Bonchev–Trinajstić information content (AvgIpc) is 3.25. The first-order chi connectivity index (χ1) is 16.5. The van der Waals surface area contributed by atoms with Gasteiger partial charge in [0.1, 0.15) is 24.4 Å². The van der Waals surface area contributed by atoms with Gasteiger partial charge in [0.05, 0.1) is 12.7 Å². The van der Waals surface area contributed by atoms with Crippen LogP contribution in [0.1, 0.15) is 25.0 Å². The maximum absolute atomic E-state index is 12.3. The van der Waals surface area contributed by atoms with Gasteiger partial charge in [-0.2, -0.15) is 5.26 Å². The van der Waals surface area contributed by atoms with Gasteiger partial charge in [0.25, 0.3) is 5.91 Å². The van der Waals surface area contributed by atoms with Crippen molar-refractivity contribution in [2.24, 2.45) is 7.05 Å². The van der Waals surface area contributed by atoms with Gasteiger partial charge in [-0.25, -0.2) is 4.58 Å². The molecular formula is C27H29N4O3+. The summed E-state index contributed by atoms with van der Waals surface area (Å²) in [6, 6.07) is 18.6. The minimum Gasteiger partial charge on any atom is -0.394 e. The lowest BCUT2D eigenvalue weighted by molar-refractivity contribution is -0.441. The standard InChI is InChI=1S/C27H28N4O3/c1-30-23(15-22(16-28)27(34)29-17-25(33)18-32)9-10-26(30)21-6-5-20-14-24(8-7-19(20)13-21)31-11-3-2-4-12-31/h5-11,13-15,25,32-33H,2-4,12,17-18H2,1H3/p+1/b22-15+. The number of nitriles is 1. The molecule has 0 fully saturated rings. The molecule has 1 atom stereocenters. The topological polar surface area (TPSA) is 101 Å². The van der Waals surface area contributed by atoms with Gasteiger partial charge in [-0.3, -0.25) is 4.79 Å². The zero-order chi connectivity index (χ0) is 24.1. The van der Waals surface area contributed by atoms with Gasteiger partial charge in [0, 0.05) is 50.0 Å². The molecule has 1 aromatic heterocycles. The first kappa shape index (κ1) is 23.4. The predicted molar refractivity (Wildman–Crippen MR) is 133 cm³/mol. The maximum atomic E-state index is 12.3.